The number of halogens is 3. The number of hydrogen-bond donors (Lipinski definition) is 1. The summed E-state index contributed by atoms with van der Waals surface area (Å²) in [6, 6.07) is 5.49. The molecule has 0 unspecified atom stereocenters. The van der Waals surface area contributed by atoms with E-state index in [4.69, 9.17) is 9.47 Å². The van der Waals surface area contributed by atoms with Crippen LogP contribution in [0.5, 0.6) is 0 Å². The molecule has 5 fully saturated rings. The topological polar surface area (TPSA) is 45.2 Å². The number of hydrogen-bond acceptors (Lipinski definition) is 5. The minimum atomic E-state index is -4.33. The van der Waals surface area contributed by atoms with Gasteiger partial charge in [0.2, 0.25) is 0 Å². The molecule has 5 aliphatic rings. The molecule has 1 heterocycles. The van der Waals surface area contributed by atoms with E-state index < -0.39 is 17.8 Å². The maximum Gasteiger partial charge on any atom is 0.416 e. The molecular formula is C26H37F3N2O3. The highest BCUT2D eigenvalue weighted by atomic mass is 19.4. The number of anilines is 1. The van der Waals surface area contributed by atoms with Gasteiger partial charge in [-0.25, -0.2) is 0 Å². The average molecular weight is 483 g/mol. The fourth-order valence-electron chi connectivity index (χ4n) is 7.16. The molecule has 190 valence electrons. The molecule has 1 aromatic rings. The van der Waals surface area contributed by atoms with Crippen LogP contribution in [0, 0.1) is 17.8 Å². The normalized spacial score (nSPS) is 32.4. The number of piperazine rings is 1. The molecule has 5 nitrogen and oxygen atoms in total. The summed E-state index contributed by atoms with van der Waals surface area (Å²) >= 11 is 0. The molecule has 1 saturated heterocycles. The van der Waals surface area contributed by atoms with E-state index in [1.54, 1.807) is 6.07 Å². The van der Waals surface area contributed by atoms with Gasteiger partial charge in [0.05, 0.1) is 37.1 Å². The lowest BCUT2D eigenvalue weighted by Crippen LogP contribution is -2.52. The van der Waals surface area contributed by atoms with E-state index in [1.807, 2.05) is 4.90 Å². The van der Waals surface area contributed by atoms with Crippen LogP contribution < -0.4 is 4.90 Å². The molecular weight excluding hydrogens is 445 g/mol. The van der Waals surface area contributed by atoms with Crippen molar-refractivity contribution in [2.24, 2.45) is 17.8 Å². The maximum absolute atomic E-state index is 13.0. The summed E-state index contributed by atoms with van der Waals surface area (Å²) in [6.07, 6.45) is 2.94. The third-order valence-corrected chi connectivity index (χ3v) is 8.31. The zero-order valence-corrected chi connectivity index (χ0v) is 19.8. The molecule has 1 aromatic carbocycles. The second kappa shape index (κ2) is 9.96. The van der Waals surface area contributed by atoms with Crippen molar-refractivity contribution in [2.75, 3.05) is 57.4 Å². The van der Waals surface area contributed by atoms with E-state index in [1.165, 1.54) is 50.7 Å². The highest BCUT2D eigenvalue weighted by molar-refractivity contribution is 5.49. The van der Waals surface area contributed by atoms with Crippen LogP contribution in [0.3, 0.4) is 0 Å². The first-order chi connectivity index (χ1) is 16.3. The predicted octanol–water partition coefficient (Wildman–Crippen LogP) is 4.19. The minimum absolute atomic E-state index is 0.0933. The third-order valence-electron chi connectivity index (χ3n) is 8.31. The summed E-state index contributed by atoms with van der Waals surface area (Å²) in [5.41, 5.74) is 0.0697. The fourth-order valence-corrected chi connectivity index (χ4v) is 7.16. The number of nitrogens with zero attached hydrogens (tertiary/aromatic N) is 2. The molecule has 4 bridgehead atoms. The standard InChI is InChI=1S/C26H37F3N2O3/c27-26(28,29)22-2-1-3-23(13-22)31-6-4-30(5-7-31)17-24(32)18-33-8-9-34-25-14-19-10-20(15-25)12-21(11-19)16-25/h1-3,13,19-21,24,32H,4-12,14-18H2/t19?,20?,21?,24-,25?/m0/s1. The molecule has 4 saturated carbocycles. The Labute approximate surface area is 200 Å². The van der Waals surface area contributed by atoms with Crippen molar-refractivity contribution in [3.8, 4) is 0 Å². The highest BCUT2D eigenvalue weighted by Gasteiger charge is 2.51. The van der Waals surface area contributed by atoms with Crippen LogP contribution in [-0.2, 0) is 15.7 Å². The van der Waals surface area contributed by atoms with E-state index in [0.717, 1.165) is 23.8 Å². The third kappa shape index (κ3) is 5.72. The predicted molar refractivity (Wildman–Crippen MR) is 124 cm³/mol. The van der Waals surface area contributed by atoms with Gasteiger partial charge in [-0.1, -0.05) is 6.07 Å². The zero-order chi connectivity index (χ0) is 23.8. The van der Waals surface area contributed by atoms with Crippen LogP contribution in [0.2, 0.25) is 0 Å². The Kier molecular flexibility index (Phi) is 7.13. The van der Waals surface area contributed by atoms with Crippen LogP contribution in [0.1, 0.15) is 44.1 Å². The molecule has 0 spiro atoms. The zero-order valence-electron chi connectivity index (χ0n) is 19.8. The van der Waals surface area contributed by atoms with Gasteiger partial charge in [0.1, 0.15) is 0 Å². The number of aliphatic hydroxyl groups excluding tert-OH is 1. The summed E-state index contributed by atoms with van der Waals surface area (Å²) in [7, 11) is 0. The Balaban J connectivity index is 0.980. The van der Waals surface area contributed by atoms with Gasteiger partial charge in [-0.15, -0.1) is 0 Å². The van der Waals surface area contributed by atoms with Gasteiger partial charge in [0.25, 0.3) is 0 Å². The Morgan fingerprint density at radius 1 is 0.971 bits per heavy atom. The van der Waals surface area contributed by atoms with E-state index in [2.05, 4.69) is 4.90 Å². The lowest BCUT2D eigenvalue weighted by molar-refractivity contribution is -0.170. The van der Waals surface area contributed by atoms with Crippen molar-refractivity contribution in [1.82, 2.24) is 4.90 Å². The average Bonchev–Trinajstić information content (AvgIpc) is 2.78. The first kappa shape index (κ1) is 24.3. The Hall–Kier alpha value is -1.35. The summed E-state index contributed by atoms with van der Waals surface area (Å²) in [6.45, 7) is 4.54. The summed E-state index contributed by atoms with van der Waals surface area (Å²) in [5.74, 6) is 2.59. The van der Waals surface area contributed by atoms with Gasteiger partial charge in [-0.3, -0.25) is 4.90 Å². The summed E-state index contributed by atoms with van der Waals surface area (Å²) < 4.78 is 51.0. The molecule has 34 heavy (non-hydrogen) atoms. The summed E-state index contributed by atoms with van der Waals surface area (Å²) in [5, 5.41) is 10.4. The van der Waals surface area contributed by atoms with E-state index in [-0.39, 0.29) is 12.2 Å². The van der Waals surface area contributed by atoms with Crippen LogP contribution in [0.4, 0.5) is 18.9 Å². The minimum Gasteiger partial charge on any atom is -0.389 e. The molecule has 0 radical (unpaired) electrons. The number of rotatable bonds is 9. The van der Waals surface area contributed by atoms with Gasteiger partial charge in [-0.2, -0.15) is 13.2 Å². The van der Waals surface area contributed by atoms with Crippen molar-refractivity contribution < 1.29 is 27.8 Å². The number of benzene rings is 1. The van der Waals surface area contributed by atoms with Gasteiger partial charge in [0, 0.05) is 38.4 Å². The highest BCUT2D eigenvalue weighted by Crippen LogP contribution is 2.57. The Bertz CT molecular complexity index is 790. The lowest BCUT2D eigenvalue weighted by atomic mass is 9.54. The molecule has 1 aliphatic heterocycles. The van der Waals surface area contributed by atoms with Gasteiger partial charge in [0.15, 0.2) is 0 Å². The molecule has 0 amide bonds. The second-order valence-corrected chi connectivity index (χ2v) is 11.0. The van der Waals surface area contributed by atoms with Crippen molar-refractivity contribution >= 4 is 5.69 Å². The number of ether oxygens (including phenoxy) is 2. The van der Waals surface area contributed by atoms with Crippen LogP contribution >= 0.6 is 0 Å². The van der Waals surface area contributed by atoms with E-state index in [0.29, 0.717) is 51.6 Å². The van der Waals surface area contributed by atoms with Crippen molar-refractivity contribution in [3.05, 3.63) is 29.8 Å². The maximum atomic E-state index is 13.0. The van der Waals surface area contributed by atoms with Gasteiger partial charge >= 0.3 is 6.18 Å². The molecule has 6 rings (SSSR count). The largest absolute Gasteiger partial charge is 0.416 e. The van der Waals surface area contributed by atoms with Crippen molar-refractivity contribution in [2.45, 2.75) is 56.4 Å². The van der Waals surface area contributed by atoms with Crippen LogP contribution in [0.25, 0.3) is 0 Å². The monoisotopic (exact) mass is 482 g/mol. The smallest absolute Gasteiger partial charge is 0.389 e. The number of alkyl halides is 3. The van der Waals surface area contributed by atoms with Crippen LogP contribution in [0.15, 0.2) is 24.3 Å². The van der Waals surface area contributed by atoms with E-state index >= 15 is 0 Å². The molecule has 1 N–H and O–H groups in total. The molecule has 1 atom stereocenters. The Morgan fingerprint density at radius 2 is 1.62 bits per heavy atom. The first-order valence-electron chi connectivity index (χ1n) is 12.8. The summed E-state index contributed by atoms with van der Waals surface area (Å²) in [4.78, 5) is 4.11. The molecule has 8 heteroatoms. The van der Waals surface area contributed by atoms with Crippen molar-refractivity contribution in [1.29, 1.82) is 0 Å². The van der Waals surface area contributed by atoms with E-state index in [9.17, 15) is 18.3 Å². The molecule has 0 aromatic heterocycles. The Morgan fingerprint density at radius 3 is 2.24 bits per heavy atom. The quantitative estimate of drug-likeness (QED) is 0.535. The fraction of sp³-hybridized carbons (Fsp3) is 0.769. The van der Waals surface area contributed by atoms with Gasteiger partial charge < -0.3 is 19.5 Å². The lowest BCUT2D eigenvalue weighted by Gasteiger charge is -2.56. The second-order valence-electron chi connectivity index (χ2n) is 11.0. The SMILES string of the molecule is O[C@H](COCCOC12CC3CC(CC(C3)C1)C2)CN1CCN(c2cccc(C(F)(F)F)c2)CC1. The van der Waals surface area contributed by atoms with Crippen LogP contribution in [-0.4, -0.2) is 74.3 Å². The van der Waals surface area contributed by atoms with Crippen molar-refractivity contribution in [3.63, 3.8) is 0 Å². The molecule has 4 aliphatic carbocycles. The first-order valence-corrected chi connectivity index (χ1v) is 12.8. The van der Waals surface area contributed by atoms with Gasteiger partial charge in [-0.05, 0) is 74.5 Å². The number of β-amino-alcohol motifs (C(OH)–C–C–N with tert-alkyl or cyclic N) is 1. The number of aliphatic hydroxyl groups is 1.